The first-order valence-corrected chi connectivity index (χ1v) is 10.2. The average Bonchev–Trinajstić information content (AvgIpc) is 2.69. The molecule has 1 atom stereocenters. The fraction of sp³-hybridized carbons (Fsp3) is 0.227. The Labute approximate surface area is 152 Å². The Bertz CT molecular complexity index is 707. The average molecular weight is 348 g/mol. The molecule has 1 heterocycles. The summed E-state index contributed by atoms with van der Waals surface area (Å²) in [6, 6.07) is 28.0. The number of nitrogens with zero attached hydrogens (tertiary/aromatic N) is 2. The van der Waals surface area contributed by atoms with Crippen molar-refractivity contribution in [1.82, 2.24) is 9.88 Å². The predicted octanol–water partition coefficient (Wildman–Crippen LogP) is 4.03. The smallest absolute Gasteiger partial charge is 0.0416 e. The van der Waals surface area contributed by atoms with Crippen molar-refractivity contribution in [3.8, 4) is 0 Å². The monoisotopic (exact) mass is 348 g/mol. The van der Waals surface area contributed by atoms with Gasteiger partial charge in [-0.3, -0.25) is 9.88 Å². The fourth-order valence-electron chi connectivity index (χ4n) is 2.98. The molecule has 0 amide bonds. The van der Waals surface area contributed by atoms with E-state index >= 15 is 0 Å². The molecule has 0 radical (unpaired) electrons. The molecule has 0 saturated carbocycles. The van der Waals surface area contributed by atoms with E-state index in [1.807, 2.05) is 12.3 Å². The molecule has 0 aliphatic rings. The van der Waals surface area contributed by atoms with Gasteiger partial charge in [0.2, 0.25) is 0 Å². The molecule has 0 aliphatic heterocycles. The molecular weight excluding hydrogens is 323 g/mol. The van der Waals surface area contributed by atoms with Gasteiger partial charge in [-0.05, 0) is 44.6 Å². The standard InChI is InChI=1S/C22H25N2P/c1-19(24(2)18-16-20-11-9-10-17-23-20)25(21-12-5-3-6-13-21)22-14-7-4-8-15-22/h3-15,17,19H,16,18H2,1-2H3. The van der Waals surface area contributed by atoms with E-state index in [4.69, 9.17) is 0 Å². The second kappa shape index (κ2) is 8.89. The highest BCUT2D eigenvalue weighted by Crippen LogP contribution is 2.40. The van der Waals surface area contributed by atoms with Crippen LogP contribution in [0.15, 0.2) is 85.1 Å². The lowest BCUT2D eigenvalue weighted by atomic mass is 10.2. The Kier molecular flexibility index (Phi) is 6.33. The second-order valence-electron chi connectivity index (χ2n) is 6.22. The molecule has 0 N–H and O–H groups in total. The summed E-state index contributed by atoms with van der Waals surface area (Å²) in [5.74, 6) is 0.462. The molecule has 25 heavy (non-hydrogen) atoms. The lowest BCUT2D eigenvalue weighted by Gasteiger charge is -2.33. The molecule has 128 valence electrons. The van der Waals surface area contributed by atoms with Gasteiger partial charge < -0.3 is 0 Å². The van der Waals surface area contributed by atoms with Gasteiger partial charge in [0.1, 0.15) is 0 Å². The molecule has 3 heteroatoms. The van der Waals surface area contributed by atoms with Gasteiger partial charge in [0.05, 0.1) is 0 Å². The van der Waals surface area contributed by atoms with Gasteiger partial charge in [-0.15, -0.1) is 0 Å². The molecule has 1 unspecified atom stereocenters. The SMILES string of the molecule is CC(N(C)CCc1ccccn1)P(c1ccccc1)c1ccccc1. The highest BCUT2D eigenvalue weighted by Gasteiger charge is 2.23. The molecule has 0 aliphatic carbocycles. The third-order valence-electron chi connectivity index (χ3n) is 4.53. The van der Waals surface area contributed by atoms with Gasteiger partial charge in [0.15, 0.2) is 0 Å². The normalized spacial score (nSPS) is 12.5. The van der Waals surface area contributed by atoms with E-state index in [2.05, 4.69) is 96.7 Å². The minimum atomic E-state index is -0.426. The third kappa shape index (κ3) is 4.75. The zero-order valence-electron chi connectivity index (χ0n) is 14.9. The largest absolute Gasteiger partial charge is 0.299 e. The molecule has 1 aromatic heterocycles. The van der Waals surface area contributed by atoms with Gasteiger partial charge in [-0.25, -0.2) is 0 Å². The summed E-state index contributed by atoms with van der Waals surface area (Å²) in [6.45, 7) is 3.36. The molecule has 0 saturated heterocycles. The van der Waals surface area contributed by atoms with Crippen molar-refractivity contribution in [3.05, 3.63) is 90.8 Å². The molecule has 3 rings (SSSR count). The third-order valence-corrected chi connectivity index (χ3v) is 7.38. The van der Waals surface area contributed by atoms with Crippen LogP contribution in [0.5, 0.6) is 0 Å². The summed E-state index contributed by atoms with van der Waals surface area (Å²) in [5, 5.41) is 2.86. The summed E-state index contributed by atoms with van der Waals surface area (Å²) in [6.07, 6.45) is 2.86. The maximum Gasteiger partial charge on any atom is 0.0416 e. The van der Waals surface area contributed by atoms with Crippen LogP contribution in [0, 0.1) is 0 Å². The lowest BCUT2D eigenvalue weighted by molar-refractivity contribution is 0.328. The van der Waals surface area contributed by atoms with E-state index in [0.29, 0.717) is 5.78 Å². The van der Waals surface area contributed by atoms with Crippen LogP contribution in [0.1, 0.15) is 12.6 Å². The van der Waals surface area contributed by atoms with Crippen LogP contribution < -0.4 is 10.6 Å². The second-order valence-corrected chi connectivity index (χ2v) is 8.74. The topological polar surface area (TPSA) is 16.1 Å². The zero-order chi connectivity index (χ0) is 17.5. The van der Waals surface area contributed by atoms with Crippen LogP contribution in [0.25, 0.3) is 0 Å². The van der Waals surface area contributed by atoms with Crippen LogP contribution in [0.3, 0.4) is 0 Å². The summed E-state index contributed by atoms with van der Waals surface area (Å²) >= 11 is 0. The van der Waals surface area contributed by atoms with E-state index in [0.717, 1.165) is 18.7 Å². The van der Waals surface area contributed by atoms with Gasteiger partial charge in [0.25, 0.3) is 0 Å². The maximum absolute atomic E-state index is 4.45. The number of aromatic nitrogens is 1. The van der Waals surface area contributed by atoms with Crippen molar-refractivity contribution >= 4 is 18.5 Å². The summed E-state index contributed by atoms with van der Waals surface area (Å²) in [7, 11) is 1.80. The van der Waals surface area contributed by atoms with Crippen molar-refractivity contribution in [3.63, 3.8) is 0 Å². The summed E-state index contributed by atoms with van der Waals surface area (Å²) in [5.41, 5.74) is 1.16. The minimum absolute atomic E-state index is 0.426. The van der Waals surface area contributed by atoms with E-state index in [9.17, 15) is 0 Å². The van der Waals surface area contributed by atoms with Crippen LogP contribution in [-0.4, -0.2) is 29.3 Å². The van der Waals surface area contributed by atoms with Crippen LogP contribution in [0.4, 0.5) is 0 Å². The van der Waals surface area contributed by atoms with E-state index in [1.54, 1.807) is 0 Å². The summed E-state index contributed by atoms with van der Waals surface area (Å²) in [4.78, 5) is 6.92. The quantitative estimate of drug-likeness (QED) is 0.599. The number of hydrogen-bond donors (Lipinski definition) is 0. The summed E-state index contributed by atoms with van der Waals surface area (Å²) < 4.78 is 0. The fourth-order valence-corrected chi connectivity index (χ4v) is 5.64. The molecule has 0 fully saturated rings. The number of hydrogen-bond acceptors (Lipinski definition) is 2. The number of likely N-dealkylation sites (N-methyl/N-ethyl adjacent to an activating group) is 1. The van der Waals surface area contributed by atoms with Gasteiger partial charge in [0, 0.05) is 30.6 Å². The first kappa shape index (κ1) is 17.8. The van der Waals surface area contributed by atoms with Crippen LogP contribution >= 0.6 is 7.92 Å². The Morgan fingerprint density at radius 2 is 1.40 bits per heavy atom. The number of pyridine rings is 1. The van der Waals surface area contributed by atoms with Gasteiger partial charge >= 0.3 is 0 Å². The minimum Gasteiger partial charge on any atom is -0.299 e. The van der Waals surface area contributed by atoms with Crippen molar-refractivity contribution in [1.29, 1.82) is 0 Å². The zero-order valence-corrected chi connectivity index (χ0v) is 15.8. The van der Waals surface area contributed by atoms with Gasteiger partial charge in [-0.2, -0.15) is 0 Å². The lowest BCUT2D eigenvalue weighted by Crippen LogP contribution is -2.35. The van der Waals surface area contributed by atoms with E-state index in [-0.39, 0.29) is 0 Å². The predicted molar refractivity (Wildman–Crippen MR) is 109 cm³/mol. The van der Waals surface area contributed by atoms with Gasteiger partial charge in [-0.1, -0.05) is 66.7 Å². The molecule has 2 aromatic carbocycles. The first-order valence-electron chi connectivity index (χ1n) is 8.75. The Balaban J connectivity index is 1.78. The molecule has 0 bridgehead atoms. The Morgan fingerprint density at radius 1 is 0.840 bits per heavy atom. The Hall–Kier alpha value is -2.02. The van der Waals surface area contributed by atoms with E-state index in [1.165, 1.54) is 10.6 Å². The van der Waals surface area contributed by atoms with Crippen LogP contribution in [-0.2, 0) is 6.42 Å². The number of benzene rings is 2. The number of rotatable bonds is 7. The van der Waals surface area contributed by atoms with Crippen molar-refractivity contribution in [2.45, 2.75) is 19.1 Å². The maximum atomic E-state index is 4.45. The van der Waals surface area contributed by atoms with Crippen molar-refractivity contribution in [2.75, 3.05) is 13.6 Å². The first-order chi connectivity index (χ1) is 12.3. The molecular formula is C22H25N2P. The molecule has 3 aromatic rings. The van der Waals surface area contributed by atoms with E-state index < -0.39 is 7.92 Å². The molecule has 2 nitrogen and oxygen atoms in total. The van der Waals surface area contributed by atoms with Crippen molar-refractivity contribution < 1.29 is 0 Å². The highest BCUT2D eigenvalue weighted by molar-refractivity contribution is 7.73. The van der Waals surface area contributed by atoms with Crippen LogP contribution in [0.2, 0.25) is 0 Å². The Morgan fingerprint density at radius 3 is 1.92 bits per heavy atom. The molecule has 0 spiro atoms. The highest BCUT2D eigenvalue weighted by atomic mass is 31.1. The van der Waals surface area contributed by atoms with Crippen molar-refractivity contribution in [2.24, 2.45) is 0 Å².